The first kappa shape index (κ1) is 21.1. The van der Waals surface area contributed by atoms with Gasteiger partial charge in [0.15, 0.2) is 14.1 Å². The average Bonchev–Trinajstić information content (AvgIpc) is 2.84. The minimum Gasteiger partial charge on any atom is -0.459 e. The Morgan fingerprint density at radius 2 is 1.62 bits per heavy atom. The molecule has 146 valence electrons. The van der Waals surface area contributed by atoms with Gasteiger partial charge in [-0.1, -0.05) is 39.0 Å². The van der Waals surface area contributed by atoms with E-state index in [0.717, 1.165) is 0 Å². The van der Waals surface area contributed by atoms with Crippen LogP contribution in [0.2, 0.25) is 18.1 Å². The van der Waals surface area contributed by atoms with E-state index in [-0.39, 0.29) is 29.8 Å². The van der Waals surface area contributed by atoms with E-state index >= 15 is 0 Å². The molecule has 0 amide bonds. The zero-order valence-corrected chi connectivity index (χ0v) is 18.0. The molecule has 6 heteroatoms. The van der Waals surface area contributed by atoms with Crippen LogP contribution >= 0.6 is 0 Å². The van der Waals surface area contributed by atoms with E-state index in [4.69, 9.17) is 18.6 Å². The second-order valence-corrected chi connectivity index (χ2v) is 13.6. The minimum atomic E-state index is -1.89. The van der Waals surface area contributed by atoms with E-state index in [9.17, 15) is 4.79 Å². The molecule has 2 rings (SSSR count). The Bertz CT molecular complexity index is 606. The summed E-state index contributed by atoms with van der Waals surface area (Å²) in [5, 5.41) is 0.122. The standard InChI is InChI=1S/C20H32O5Si/c1-19(2,3)26(6,7)23-14-17-16(24-20(4,5)25-17)13-22-18(21)15-11-9-8-10-12-15/h8-12,16-17H,13-14H2,1-7H3/t16-,17-/m1/s1. The van der Waals surface area contributed by atoms with Crippen molar-refractivity contribution in [3.63, 3.8) is 0 Å². The van der Waals surface area contributed by atoms with Crippen LogP contribution in [0.15, 0.2) is 30.3 Å². The topological polar surface area (TPSA) is 54.0 Å². The van der Waals surface area contributed by atoms with Gasteiger partial charge in [-0.05, 0) is 44.1 Å². The number of esters is 1. The molecule has 0 spiro atoms. The van der Waals surface area contributed by atoms with Gasteiger partial charge in [-0.15, -0.1) is 0 Å². The van der Waals surface area contributed by atoms with Gasteiger partial charge in [-0.3, -0.25) is 0 Å². The van der Waals surface area contributed by atoms with Crippen molar-refractivity contribution < 1.29 is 23.4 Å². The fourth-order valence-corrected chi connectivity index (χ4v) is 3.53. The Morgan fingerprint density at radius 3 is 2.15 bits per heavy atom. The Kier molecular flexibility index (Phi) is 6.33. The van der Waals surface area contributed by atoms with Crippen LogP contribution in [0, 0.1) is 0 Å². The van der Waals surface area contributed by atoms with Crippen LogP contribution in [0.1, 0.15) is 45.0 Å². The first-order valence-electron chi connectivity index (χ1n) is 9.13. The summed E-state index contributed by atoms with van der Waals surface area (Å²) in [4.78, 5) is 12.2. The van der Waals surface area contributed by atoms with Crippen LogP contribution in [-0.2, 0) is 18.6 Å². The molecule has 1 saturated heterocycles. The van der Waals surface area contributed by atoms with E-state index in [0.29, 0.717) is 12.2 Å². The molecular weight excluding hydrogens is 348 g/mol. The van der Waals surface area contributed by atoms with Gasteiger partial charge in [-0.25, -0.2) is 4.79 Å². The fourth-order valence-electron chi connectivity index (χ4n) is 2.51. The van der Waals surface area contributed by atoms with Crippen molar-refractivity contribution in [1.82, 2.24) is 0 Å². The predicted octanol–water partition coefficient (Wildman–Crippen LogP) is 4.39. The van der Waals surface area contributed by atoms with E-state index in [1.165, 1.54) is 0 Å². The molecule has 26 heavy (non-hydrogen) atoms. The molecule has 0 bridgehead atoms. The lowest BCUT2D eigenvalue weighted by molar-refractivity contribution is -0.151. The van der Waals surface area contributed by atoms with Crippen LogP contribution in [0.4, 0.5) is 0 Å². The third-order valence-corrected chi connectivity index (χ3v) is 9.59. The summed E-state index contributed by atoms with van der Waals surface area (Å²) in [6, 6.07) is 8.95. The lowest BCUT2D eigenvalue weighted by atomic mass is 10.2. The summed E-state index contributed by atoms with van der Waals surface area (Å²) in [6.45, 7) is 15.3. The molecule has 1 aromatic rings. The van der Waals surface area contributed by atoms with Gasteiger partial charge in [-0.2, -0.15) is 0 Å². The Labute approximate surface area is 158 Å². The lowest BCUT2D eigenvalue weighted by Crippen LogP contribution is -2.44. The zero-order valence-electron chi connectivity index (χ0n) is 17.0. The van der Waals surface area contributed by atoms with Crippen LogP contribution < -0.4 is 0 Å². The Morgan fingerprint density at radius 1 is 1.08 bits per heavy atom. The maximum Gasteiger partial charge on any atom is 0.338 e. The molecule has 0 saturated carbocycles. The van der Waals surface area contributed by atoms with Crippen LogP contribution in [0.3, 0.4) is 0 Å². The van der Waals surface area contributed by atoms with Crippen molar-refractivity contribution in [3.05, 3.63) is 35.9 Å². The molecule has 0 unspecified atom stereocenters. The quantitative estimate of drug-likeness (QED) is 0.541. The molecule has 1 heterocycles. The molecule has 0 radical (unpaired) electrons. The highest BCUT2D eigenvalue weighted by molar-refractivity contribution is 6.74. The summed E-state index contributed by atoms with van der Waals surface area (Å²) in [5.74, 6) is -1.08. The highest BCUT2D eigenvalue weighted by Crippen LogP contribution is 2.37. The number of ether oxygens (including phenoxy) is 3. The van der Waals surface area contributed by atoms with E-state index in [1.807, 2.05) is 32.0 Å². The molecule has 1 aliphatic heterocycles. The van der Waals surface area contributed by atoms with E-state index < -0.39 is 14.1 Å². The number of hydrogen-bond donors (Lipinski definition) is 0. The smallest absolute Gasteiger partial charge is 0.338 e. The molecule has 5 nitrogen and oxygen atoms in total. The molecule has 0 aliphatic carbocycles. The number of carbonyl (C=O) groups excluding carboxylic acids is 1. The molecule has 2 atom stereocenters. The molecule has 0 aromatic heterocycles. The maximum atomic E-state index is 12.2. The first-order valence-corrected chi connectivity index (χ1v) is 12.0. The second-order valence-electron chi connectivity index (χ2n) is 8.75. The van der Waals surface area contributed by atoms with Gasteiger partial charge in [0.25, 0.3) is 0 Å². The van der Waals surface area contributed by atoms with Gasteiger partial charge in [0.1, 0.15) is 18.8 Å². The van der Waals surface area contributed by atoms with Crippen molar-refractivity contribution in [3.8, 4) is 0 Å². The first-order chi connectivity index (χ1) is 11.9. The second kappa shape index (κ2) is 7.80. The Balaban J connectivity index is 1.96. The summed E-state index contributed by atoms with van der Waals surface area (Å²) < 4.78 is 23.7. The highest BCUT2D eigenvalue weighted by Gasteiger charge is 2.44. The normalized spacial score (nSPS) is 23.0. The monoisotopic (exact) mass is 380 g/mol. The van der Waals surface area contributed by atoms with Crippen molar-refractivity contribution in [2.75, 3.05) is 13.2 Å². The number of hydrogen-bond acceptors (Lipinski definition) is 5. The van der Waals surface area contributed by atoms with E-state index in [2.05, 4.69) is 33.9 Å². The fraction of sp³-hybridized carbons (Fsp3) is 0.650. The summed E-state index contributed by atoms with van der Waals surface area (Å²) in [5.41, 5.74) is 0.528. The van der Waals surface area contributed by atoms with Crippen LogP contribution in [-0.4, -0.2) is 45.5 Å². The third kappa shape index (κ3) is 5.39. The van der Waals surface area contributed by atoms with Gasteiger partial charge in [0.05, 0.1) is 12.2 Å². The lowest BCUT2D eigenvalue weighted by Gasteiger charge is -2.37. The van der Waals surface area contributed by atoms with Crippen LogP contribution in [0.25, 0.3) is 0 Å². The Hall–Kier alpha value is -1.21. The third-order valence-electron chi connectivity index (χ3n) is 5.09. The minimum absolute atomic E-state index is 0.122. The van der Waals surface area contributed by atoms with Crippen molar-refractivity contribution >= 4 is 14.3 Å². The molecule has 1 fully saturated rings. The average molecular weight is 381 g/mol. The predicted molar refractivity (Wildman–Crippen MR) is 104 cm³/mol. The zero-order chi connectivity index (χ0) is 19.6. The van der Waals surface area contributed by atoms with Gasteiger partial charge < -0.3 is 18.6 Å². The molecule has 0 N–H and O–H groups in total. The van der Waals surface area contributed by atoms with Gasteiger partial charge in [0, 0.05) is 0 Å². The number of carbonyl (C=O) groups is 1. The summed E-state index contributed by atoms with van der Waals surface area (Å²) >= 11 is 0. The molecule has 1 aromatic carbocycles. The van der Waals surface area contributed by atoms with Gasteiger partial charge in [0.2, 0.25) is 0 Å². The van der Waals surface area contributed by atoms with Crippen molar-refractivity contribution in [1.29, 1.82) is 0 Å². The summed E-state index contributed by atoms with van der Waals surface area (Å²) in [6.07, 6.45) is -0.606. The largest absolute Gasteiger partial charge is 0.459 e. The number of benzene rings is 1. The number of rotatable bonds is 6. The van der Waals surface area contributed by atoms with Gasteiger partial charge >= 0.3 is 5.97 Å². The highest BCUT2D eigenvalue weighted by atomic mass is 28.4. The molecular formula is C20H32O5Si. The summed E-state index contributed by atoms with van der Waals surface area (Å²) in [7, 11) is -1.89. The molecule has 1 aliphatic rings. The van der Waals surface area contributed by atoms with E-state index in [1.54, 1.807) is 12.1 Å². The van der Waals surface area contributed by atoms with Crippen LogP contribution in [0.5, 0.6) is 0 Å². The van der Waals surface area contributed by atoms with Crippen molar-refractivity contribution in [2.45, 2.75) is 70.7 Å². The van der Waals surface area contributed by atoms with Crippen molar-refractivity contribution in [2.24, 2.45) is 0 Å². The SMILES string of the molecule is CC1(C)O[C@H](COC(=O)c2ccccc2)[C@@H](CO[Si](C)(C)C(C)(C)C)O1. The maximum absolute atomic E-state index is 12.2.